The van der Waals surface area contributed by atoms with Crippen molar-refractivity contribution >= 4 is 32.7 Å². The number of hydrogen-bond donors (Lipinski definition) is 1. The van der Waals surface area contributed by atoms with Gasteiger partial charge in [-0.1, -0.05) is 29.4 Å². The van der Waals surface area contributed by atoms with Crippen molar-refractivity contribution in [1.29, 1.82) is 0 Å². The van der Waals surface area contributed by atoms with Crippen LogP contribution in [0.15, 0.2) is 53.3 Å². The summed E-state index contributed by atoms with van der Waals surface area (Å²) in [5.41, 5.74) is 6.21. The summed E-state index contributed by atoms with van der Waals surface area (Å²) in [4.78, 5) is 17.5. The molecule has 0 atom stereocenters. The number of nitrogens with one attached hydrogen (secondary N) is 1. The first kappa shape index (κ1) is 19.4. The van der Waals surface area contributed by atoms with Gasteiger partial charge >= 0.3 is 0 Å². The molecule has 4 heterocycles. The van der Waals surface area contributed by atoms with E-state index in [-0.39, 0.29) is 0 Å². The fraction of sp³-hybridized carbons (Fsp3) is 0.154. The van der Waals surface area contributed by atoms with Crippen molar-refractivity contribution in [2.24, 2.45) is 0 Å². The highest BCUT2D eigenvalue weighted by atomic mass is 16.5. The number of fused-ring (bicyclic) bond motifs is 4. The summed E-state index contributed by atoms with van der Waals surface area (Å²) in [5.74, 6) is 2.18. The summed E-state index contributed by atoms with van der Waals surface area (Å²) in [5, 5.41) is 8.21. The maximum absolute atomic E-state index is 5.81. The van der Waals surface area contributed by atoms with Crippen LogP contribution in [0.25, 0.3) is 55.1 Å². The van der Waals surface area contributed by atoms with Gasteiger partial charge in [0.05, 0.1) is 29.4 Å². The van der Waals surface area contributed by atoms with Gasteiger partial charge in [0.2, 0.25) is 0 Å². The molecular formula is C26H21N5O2. The zero-order valence-corrected chi connectivity index (χ0v) is 18.7. The fourth-order valence-electron chi connectivity index (χ4n) is 4.67. The van der Waals surface area contributed by atoms with Gasteiger partial charge in [-0.05, 0) is 38.3 Å². The van der Waals surface area contributed by atoms with Gasteiger partial charge in [-0.25, -0.2) is 9.97 Å². The molecule has 0 aliphatic rings. The minimum Gasteiger partial charge on any atom is -0.496 e. The van der Waals surface area contributed by atoms with Crippen molar-refractivity contribution < 1.29 is 9.26 Å². The molecule has 33 heavy (non-hydrogen) atoms. The standard InChI is InChI=1S/C26H21N5O2/c1-13-23(14(2)33-31-13)19-9-21-18(10-22(19)32-4)24-25(28-15(3)29-26(24)30-21)20-12-27-11-16-7-5-6-8-17(16)20/h5-12H,1-4H3,(H,28,29,30). The Labute approximate surface area is 189 Å². The van der Waals surface area contributed by atoms with Crippen LogP contribution in [0.5, 0.6) is 5.75 Å². The third-order valence-corrected chi connectivity index (χ3v) is 6.11. The van der Waals surface area contributed by atoms with Gasteiger partial charge in [-0.15, -0.1) is 0 Å². The number of aryl methyl sites for hydroxylation is 3. The molecule has 0 unspecified atom stereocenters. The minimum atomic E-state index is 0.690. The highest BCUT2D eigenvalue weighted by Gasteiger charge is 2.21. The van der Waals surface area contributed by atoms with E-state index in [2.05, 4.69) is 33.3 Å². The molecule has 4 aromatic heterocycles. The first-order valence-electron chi connectivity index (χ1n) is 10.7. The zero-order valence-electron chi connectivity index (χ0n) is 18.7. The molecule has 162 valence electrons. The van der Waals surface area contributed by atoms with E-state index in [1.165, 1.54) is 0 Å². The predicted octanol–water partition coefficient (Wildman–Crippen LogP) is 5.92. The largest absolute Gasteiger partial charge is 0.496 e. The van der Waals surface area contributed by atoms with E-state index < -0.39 is 0 Å². The van der Waals surface area contributed by atoms with E-state index >= 15 is 0 Å². The molecule has 0 fully saturated rings. The summed E-state index contributed by atoms with van der Waals surface area (Å²) in [6, 6.07) is 12.3. The minimum absolute atomic E-state index is 0.690. The number of hydrogen-bond acceptors (Lipinski definition) is 6. The van der Waals surface area contributed by atoms with Gasteiger partial charge in [-0.3, -0.25) is 4.98 Å². The maximum Gasteiger partial charge on any atom is 0.142 e. The topological polar surface area (TPSA) is 89.7 Å². The SMILES string of the molecule is COc1cc2c(cc1-c1c(C)noc1C)[nH]c1nc(C)nc(-c3cncc4ccccc34)c12. The molecule has 7 nitrogen and oxygen atoms in total. The zero-order chi connectivity index (χ0) is 22.7. The molecule has 7 heteroatoms. The fourth-order valence-corrected chi connectivity index (χ4v) is 4.67. The molecule has 0 amide bonds. The average Bonchev–Trinajstić information content (AvgIpc) is 3.35. The molecule has 6 rings (SSSR count). The Morgan fingerprint density at radius 1 is 0.939 bits per heavy atom. The molecule has 0 radical (unpaired) electrons. The second-order valence-corrected chi connectivity index (χ2v) is 8.17. The maximum atomic E-state index is 5.81. The normalized spacial score (nSPS) is 11.6. The van der Waals surface area contributed by atoms with E-state index in [4.69, 9.17) is 19.2 Å². The molecule has 0 aliphatic carbocycles. The van der Waals surface area contributed by atoms with Crippen molar-refractivity contribution in [3.05, 3.63) is 66.1 Å². The number of H-pyrrole nitrogens is 1. The summed E-state index contributed by atoms with van der Waals surface area (Å²) < 4.78 is 11.2. The molecule has 1 N–H and O–H groups in total. The van der Waals surface area contributed by atoms with Crippen LogP contribution in [-0.4, -0.2) is 32.2 Å². The van der Waals surface area contributed by atoms with Crippen molar-refractivity contribution in [1.82, 2.24) is 25.1 Å². The van der Waals surface area contributed by atoms with Gasteiger partial charge in [0.1, 0.15) is 23.0 Å². The highest BCUT2D eigenvalue weighted by Crippen LogP contribution is 2.42. The number of aromatic amines is 1. The third-order valence-electron chi connectivity index (χ3n) is 6.11. The lowest BCUT2D eigenvalue weighted by Crippen LogP contribution is -1.94. The van der Waals surface area contributed by atoms with Crippen molar-refractivity contribution in [2.45, 2.75) is 20.8 Å². The number of benzene rings is 2. The lowest BCUT2D eigenvalue weighted by Gasteiger charge is -2.10. The monoisotopic (exact) mass is 435 g/mol. The lowest BCUT2D eigenvalue weighted by atomic mass is 9.99. The van der Waals surface area contributed by atoms with Crippen molar-refractivity contribution in [2.75, 3.05) is 7.11 Å². The van der Waals surface area contributed by atoms with E-state index in [0.717, 1.165) is 72.3 Å². The van der Waals surface area contributed by atoms with Crippen molar-refractivity contribution in [3.63, 3.8) is 0 Å². The van der Waals surface area contributed by atoms with Crippen LogP contribution in [0.2, 0.25) is 0 Å². The Hall–Kier alpha value is -4.26. The van der Waals surface area contributed by atoms with E-state index in [1.807, 2.05) is 51.4 Å². The first-order chi connectivity index (χ1) is 16.0. The molecule has 0 spiro atoms. The summed E-state index contributed by atoms with van der Waals surface area (Å²) in [6.45, 7) is 5.74. The third kappa shape index (κ3) is 2.89. The smallest absolute Gasteiger partial charge is 0.142 e. The highest BCUT2D eigenvalue weighted by molar-refractivity contribution is 6.15. The number of rotatable bonds is 3. The van der Waals surface area contributed by atoms with Crippen LogP contribution in [0.4, 0.5) is 0 Å². The summed E-state index contributed by atoms with van der Waals surface area (Å²) >= 11 is 0. The molecule has 0 saturated carbocycles. The molecular weight excluding hydrogens is 414 g/mol. The molecule has 2 aromatic carbocycles. The van der Waals surface area contributed by atoms with Crippen LogP contribution in [0, 0.1) is 20.8 Å². The quantitative estimate of drug-likeness (QED) is 0.371. The van der Waals surface area contributed by atoms with E-state index in [9.17, 15) is 0 Å². The second kappa shape index (κ2) is 7.13. The number of pyridine rings is 1. The number of aromatic nitrogens is 5. The summed E-state index contributed by atoms with van der Waals surface area (Å²) in [6.07, 6.45) is 3.75. The van der Waals surface area contributed by atoms with Crippen LogP contribution in [0.1, 0.15) is 17.3 Å². The van der Waals surface area contributed by atoms with Crippen LogP contribution in [-0.2, 0) is 0 Å². The number of methoxy groups -OCH3 is 1. The van der Waals surface area contributed by atoms with E-state index in [1.54, 1.807) is 7.11 Å². The first-order valence-corrected chi connectivity index (χ1v) is 10.7. The van der Waals surface area contributed by atoms with Gasteiger partial charge in [0.15, 0.2) is 0 Å². The Morgan fingerprint density at radius 3 is 2.58 bits per heavy atom. The molecule has 0 saturated heterocycles. The predicted molar refractivity (Wildman–Crippen MR) is 128 cm³/mol. The van der Waals surface area contributed by atoms with E-state index in [0.29, 0.717) is 5.82 Å². The summed E-state index contributed by atoms with van der Waals surface area (Å²) in [7, 11) is 1.67. The van der Waals surface area contributed by atoms with Crippen LogP contribution in [0.3, 0.4) is 0 Å². The molecule has 6 aromatic rings. The Balaban J connectivity index is 1.71. The Bertz CT molecular complexity index is 1670. The lowest BCUT2D eigenvalue weighted by molar-refractivity contribution is 0.393. The van der Waals surface area contributed by atoms with Gasteiger partial charge in [0, 0.05) is 39.8 Å². The van der Waals surface area contributed by atoms with Gasteiger partial charge in [0.25, 0.3) is 0 Å². The molecule has 0 bridgehead atoms. The number of ether oxygens (including phenoxy) is 1. The van der Waals surface area contributed by atoms with Gasteiger partial charge in [-0.2, -0.15) is 0 Å². The van der Waals surface area contributed by atoms with Gasteiger partial charge < -0.3 is 14.2 Å². The Kier molecular flexibility index (Phi) is 4.20. The van der Waals surface area contributed by atoms with Crippen LogP contribution >= 0.6 is 0 Å². The second-order valence-electron chi connectivity index (χ2n) is 8.17. The Morgan fingerprint density at radius 2 is 1.79 bits per heavy atom. The van der Waals surface area contributed by atoms with Crippen molar-refractivity contribution in [3.8, 4) is 28.1 Å². The average molecular weight is 435 g/mol. The number of nitrogens with zero attached hydrogens (tertiary/aromatic N) is 4. The molecule has 0 aliphatic heterocycles. The van der Waals surface area contributed by atoms with Crippen LogP contribution < -0.4 is 4.74 Å².